The molecule has 4 heteroatoms. The first kappa shape index (κ1) is 13.4. The molecule has 0 bridgehead atoms. The van der Waals surface area contributed by atoms with Crippen LogP contribution in [0.2, 0.25) is 0 Å². The maximum Gasteiger partial charge on any atom is 0.331 e. The van der Waals surface area contributed by atoms with Gasteiger partial charge in [0.15, 0.2) is 0 Å². The third-order valence-corrected chi connectivity index (χ3v) is 3.42. The summed E-state index contributed by atoms with van der Waals surface area (Å²) in [7, 11) is 0. The lowest BCUT2D eigenvalue weighted by molar-refractivity contribution is -0.132. The highest BCUT2D eigenvalue weighted by molar-refractivity contribution is 5.93. The zero-order valence-corrected chi connectivity index (χ0v) is 11.2. The molecule has 0 radical (unpaired) electrons. The van der Waals surface area contributed by atoms with Crippen LogP contribution in [0, 0.1) is 5.82 Å². The second-order valence-electron chi connectivity index (χ2n) is 4.83. The van der Waals surface area contributed by atoms with Crippen molar-refractivity contribution in [2.75, 3.05) is 6.61 Å². The number of halogens is 1. The number of benzene rings is 2. The molecule has 106 valence electrons. The van der Waals surface area contributed by atoms with E-state index < -0.39 is 5.97 Å². The molecule has 1 heterocycles. The van der Waals surface area contributed by atoms with E-state index in [1.165, 1.54) is 12.1 Å². The molecular formula is C17H13FO3. The molecular weight excluding hydrogens is 271 g/mol. The van der Waals surface area contributed by atoms with Crippen LogP contribution in [0.1, 0.15) is 12.0 Å². The molecule has 0 amide bonds. The second-order valence-corrected chi connectivity index (χ2v) is 4.83. The Morgan fingerprint density at radius 3 is 2.52 bits per heavy atom. The molecule has 1 aliphatic rings. The highest BCUT2D eigenvalue weighted by atomic mass is 19.1. The molecule has 2 aromatic rings. The van der Waals surface area contributed by atoms with Gasteiger partial charge in [0.25, 0.3) is 0 Å². The molecule has 0 saturated heterocycles. The number of aliphatic carboxylic acids is 1. The average molecular weight is 284 g/mol. The average Bonchev–Trinajstić information content (AvgIpc) is 2.69. The van der Waals surface area contributed by atoms with Crippen molar-refractivity contribution < 1.29 is 19.0 Å². The fourth-order valence-corrected chi connectivity index (χ4v) is 2.31. The van der Waals surface area contributed by atoms with Gasteiger partial charge in [-0.1, -0.05) is 18.2 Å². The highest BCUT2D eigenvalue weighted by Gasteiger charge is 2.15. The minimum Gasteiger partial charge on any atom is -0.493 e. The molecule has 0 aliphatic carbocycles. The van der Waals surface area contributed by atoms with Crippen molar-refractivity contribution in [2.24, 2.45) is 0 Å². The standard InChI is InChI=1S/C17H13FO3/c18-15-4-1-11(2-5-15)12-3-6-16-14(9-12)10-13(17(19)20)7-8-21-16/h1-6,9-10H,7-8H2,(H,19,20). The lowest BCUT2D eigenvalue weighted by atomic mass is 10.0. The van der Waals surface area contributed by atoms with E-state index in [4.69, 9.17) is 9.84 Å². The van der Waals surface area contributed by atoms with Crippen LogP contribution in [0.4, 0.5) is 4.39 Å². The quantitative estimate of drug-likeness (QED) is 0.913. The number of carboxylic acid groups (broad SMARTS) is 1. The van der Waals surface area contributed by atoms with E-state index in [2.05, 4.69) is 0 Å². The van der Waals surface area contributed by atoms with E-state index in [0.29, 0.717) is 24.4 Å². The van der Waals surface area contributed by atoms with Gasteiger partial charge in [-0.05, 0) is 41.5 Å². The van der Waals surface area contributed by atoms with Crippen molar-refractivity contribution in [2.45, 2.75) is 6.42 Å². The molecule has 1 N–H and O–H groups in total. The largest absolute Gasteiger partial charge is 0.493 e. The summed E-state index contributed by atoms with van der Waals surface area (Å²) in [5.41, 5.74) is 2.81. The van der Waals surface area contributed by atoms with Crippen molar-refractivity contribution in [3.63, 3.8) is 0 Å². The molecule has 0 aromatic heterocycles. The highest BCUT2D eigenvalue weighted by Crippen LogP contribution is 2.31. The predicted molar refractivity (Wildman–Crippen MR) is 77.6 cm³/mol. The smallest absolute Gasteiger partial charge is 0.331 e. The Labute approximate surface area is 121 Å². The third-order valence-electron chi connectivity index (χ3n) is 3.42. The summed E-state index contributed by atoms with van der Waals surface area (Å²) in [6.07, 6.45) is 2.01. The van der Waals surface area contributed by atoms with E-state index in [1.54, 1.807) is 18.2 Å². The molecule has 2 aromatic carbocycles. The maximum absolute atomic E-state index is 13.0. The van der Waals surface area contributed by atoms with Gasteiger partial charge in [0.05, 0.1) is 6.61 Å². The molecule has 0 fully saturated rings. The van der Waals surface area contributed by atoms with E-state index in [-0.39, 0.29) is 5.82 Å². The molecule has 0 unspecified atom stereocenters. The summed E-state index contributed by atoms with van der Waals surface area (Å²) in [5.74, 6) is -0.555. The van der Waals surface area contributed by atoms with Gasteiger partial charge in [-0.25, -0.2) is 9.18 Å². The summed E-state index contributed by atoms with van der Waals surface area (Å²) >= 11 is 0. The Kier molecular flexibility index (Phi) is 3.44. The van der Waals surface area contributed by atoms with Crippen LogP contribution in [0.25, 0.3) is 17.2 Å². The summed E-state index contributed by atoms with van der Waals surface area (Å²) in [5, 5.41) is 9.14. The first-order valence-corrected chi connectivity index (χ1v) is 6.60. The molecule has 3 rings (SSSR count). The Morgan fingerprint density at radius 1 is 1.10 bits per heavy atom. The number of rotatable bonds is 2. The number of hydrogen-bond donors (Lipinski definition) is 1. The topological polar surface area (TPSA) is 46.5 Å². The lowest BCUT2D eigenvalue weighted by Gasteiger charge is -2.08. The third kappa shape index (κ3) is 2.79. The number of carboxylic acids is 1. The van der Waals surface area contributed by atoms with Gasteiger partial charge in [0, 0.05) is 17.6 Å². The summed E-state index contributed by atoms with van der Waals surface area (Å²) in [6, 6.07) is 11.7. The number of fused-ring (bicyclic) bond motifs is 1. The molecule has 0 spiro atoms. The van der Waals surface area contributed by atoms with Crippen LogP contribution in [0.3, 0.4) is 0 Å². The molecule has 0 saturated carbocycles. The van der Waals surface area contributed by atoms with Gasteiger partial charge in [0.2, 0.25) is 0 Å². The van der Waals surface area contributed by atoms with Crippen LogP contribution >= 0.6 is 0 Å². The van der Waals surface area contributed by atoms with Crippen LogP contribution in [-0.4, -0.2) is 17.7 Å². The van der Waals surface area contributed by atoms with E-state index >= 15 is 0 Å². The lowest BCUT2D eigenvalue weighted by Crippen LogP contribution is -2.03. The molecule has 1 aliphatic heterocycles. The Balaban J connectivity index is 2.05. The van der Waals surface area contributed by atoms with Crippen LogP contribution < -0.4 is 4.74 Å². The van der Waals surface area contributed by atoms with Crippen molar-refractivity contribution in [3.8, 4) is 16.9 Å². The summed E-state index contributed by atoms with van der Waals surface area (Å²) in [4.78, 5) is 11.1. The van der Waals surface area contributed by atoms with Gasteiger partial charge >= 0.3 is 5.97 Å². The van der Waals surface area contributed by atoms with Gasteiger partial charge in [-0.3, -0.25) is 0 Å². The summed E-state index contributed by atoms with van der Waals surface area (Å²) < 4.78 is 18.5. The minimum absolute atomic E-state index is 0.287. The second kappa shape index (κ2) is 5.40. The minimum atomic E-state index is -0.932. The molecule has 21 heavy (non-hydrogen) atoms. The molecule has 0 atom stereocenters. The monoisotopic (exact) mass is 284 g/mol. The number of ether oxygens (including phenoxy) is 1. The van der Waals surface area contributed by atoms with E-state index in [9.17, 15) is 9.18 Å². The molecule has 3 nitrogen and oxygen atoms in total. The van der Waals surface area contributed by atoms with Crippen molar-refractivity contribution in [1.82, 2.24) is 0 Å². The first-order valence-electron chi connectivity index (χ1n) is 6.60. The fraction of sp³-hybridized carbons (Fsp3) is 0.118. The Morgan fingerprint density at radius 2 is 1.81 bits per heavy atom. The number of carbonyl (C=O) groups is 1. The van der Waals surface area contributed by atoms with Crippen LogP contribution in [-0.2, 0) is 4.79 Å². The zero-order valence-electron chi connectivity index (χ0n) is 11.2. The normalized spacial score (nSPS) is 13.7. The number of hydrogen-bond acceptors (Lipinski definition) is 2. The van der Waals surface area contributed by atoms with E-state index in [0.717, 1.165) is 16.7 Å². The predicted octanol–water partition coefficient (Wildman–Crippen LogP) is 3.74. The zero-order chi connectivity index (χ0) is 14.8. The van der Waals surface area contributed by atoms with Gasteiger partial charge in [0.1, 0.15) is 11.6 Å². The summed E-state index contributed by atoms with van der Waals surface area (Å²) in [6.45, 7) is 0.348. The fourth-order valence-electron chi connectivity index (χ4n) is 2.31. The van der Waals surface area contributed by atoms with Gasteiger partial charge < -0.3 is 9.84 Å². The van der Waals surface area contributed by atoms with Crippen molar-refractivity contribution in [3.05, 3.63) is 59.4 Å². The first-order chi connectivity index (χ1) is 10.1. The Hall–Kier alpha value is -2.62. The van der Waals surface area contributed by atoms with Crippen LogP contribution in [0.15, 0.2) is 48.0 Å². The van der Waals surface area contributed by atoms with Gasteiger partial charge in [-0.15, -0.1) is 0 Å². The SMILES string of the molecule is O=C(O)C1=Cc2cc(-c3ccc(F)cc3)ccc2OCC1. The van der Waals surface area contributed by atoms with E-state index in [1.807, 2.05) is 18.2 Å². The van der Waals surface area contributed by atoms with Crippen molar-refractivity contribution >= 4 is 12.0 Å². The Bertz CT molecular complexity index is 717. The van der Waals surface area contributed by atoms with Gasteiger partial charge in [-0.2, -0.15) is 0 Å². The van der Waals surface area contributed by atoms with Crippen molar-refractivity contribution in [1.29, 1.82) is 0 Å². The maximum atomic E-state index is 13.0. The van der Waals surface area contributed by atoms with Crippen LogP contribution in [0.5, 0.6) is 5.75 Å².